The summed E-state index contributed by atoms with van der Waals surface area (Å²) in [5.41, 5.74) is 1.51. The SMILES string of the molecule is CCNCCCNc1nc2ccccc2cc1C#N. The quantitative estimate of drug-likeness (QED) is 0.778. The third kappa shape index (κ3) is 3.43. The maximum absolute atomic E-state index is 9.18. The predicted octanol–water partition coefficient (Wildman–Crippen LogP) is 2.52. The van der Waals surface area contributed by atoms with Gasteiger partial charge in [0.15, 0.2) is 0 Å². The molecule has 0 saturated carbocycles. The van der Waals surface area contributed by atoms with Crippen LogP contribution in [0.4, 0.5) is 5.82 Å². The van der Waals surface area contributed by atoms with E-state index in [4.69, 9.17) is 0 Å². The van der Waals surface area contributed by atoms with Gasteiger partial charge >= 0.3 is 0 Å². The van der Waals surface area contributed by atoms with Crippen LogP contribution in [0.25, 0.3) is 10.9 Å². The Hall–Kier alpha value is -2.12. The van der Waals surface area contributed by atoms with Crippen LogP contribution in [0.1, 0.15) is 18.9 Å². The van der Waals surface area contributed by atoms with E-state index in [1.807, 2.05) is 30.3 Å². The molecule has 0 bridgehead atoms. The Morgan fingerprint density at radius 3 is 2.89 bits per heavy atom. The number of pyridine rings is 1. The summed E-state index contributed by atoms with van der Waals surface area (Å²) in [6.07, 6.45) is 1.01. The molecule has 0 radical (unpaired) electrons. The van der Waals surface area contributed by atoms with Gasteiger partial charge in [0.2, 0.25) is 0 Å². The van der Waals surface area contributed by atoms with Gasteiger partial charge in [0, 0.05) is 11.9 Å². The standard InChI is InChI=1S/C15H18N4/c1-2-17-8-5-9-18-15-13(11-16)10-12-6-3-4-7-14(12)19-15/h3-4,6-7,10,17H,2,5,8-9H2,1H3,(H,18,19). The average Bonchev–Trinajstić information content (AvgIpc) is 2.46. The summed E-state index contributed by atoms with van der Waals surface area (Å²) in [5.74, 6) is 0.678. The van der Waals surface area contributed by atoms with Crippen LogP contribution in [0, 0.1) is 11.3 Å². The van der Waals surface area contributed by atoms with E-state index in [9.17, 15) is 5.26 Å². The van der Waals surface area contributed by atoms with E-state index >= 15 is 0 Å². The fourth-order valence-electron chi connectivity index (χ4n) is 1.93. The molecule has 0 saturated heterocycles. The van der Waals surface area contributed by atoms with Crippen molar-refractivity contribution >= 4 is 16.7 Å². The first-order valence-corrected chi connectivity index (χ1v) is 6.59. The van der Waals surface area contributed by atoms with Crippen molar-refractivity contribution in [1.82, 2.24) is 10.3 Å². The van der Waals surface area contributed by atoms with Crippen LogP contribution in [0.3, 0.4) is 0 Å². The van der Waals surface area contributed by atoms with E-state index in [2.05, 4.69) is 28.6 Å². The number of hydrogen-bond acceptors (Lipinski definition) is 4. The van der Waals surface area contributed by atoms with Gasteiger partial charge in [-0.15, -0.1) is 0 Å². The minimum absolute atomic E-state index is 0.599. The second kappa shape index (κ2) is 6.72. The van der Waals surface area contributed by atoms with Gasteiger partial charge in [0.05, 0.1) is 11.1 Å². The van der Waals surface area contributed by atoms with Gasteiger partial charge in [-0.3, -0.25) is 0 Å². The monoisotopic (exact) mass is 254 g/mol. The topological polar surface area (TPSA) is 60.7 Å². The molecule has 2 rings (SSSR count). The molecule has 0 spiro atoms. The van der Waals surface area contributed by atoms with E-state index in [0.717, 1.165) is 37.0 Å². The van der Waals surface area contributed by atoms with E-state index < -0.39 is 0 Å². The van der Waals surface area contributed by atoms with Gasteiger partial charge in [0.25, 0.3) is 0 Å². The van der Waals surface area contributed by atoms with Crippen LogP contribution < -0.4 is 10.6 Å². The Morgan fingerprint density at radius 1 is 1.26 bits per heavy atom. The molecule has 1 aromatic carbocycles. The third-order valence-corrected chi connectivity index (χ3v) is 2.92. The smallest absolute Gasteiger partial charge is 0.144 e. The van der Waals surface area contributed by atoms with Crippen LogP contribution in [-0.4, -0.2) is 24.6 Å². The van der Waals surface area contributed by atoms with Crippen molar-refractivity contribution in [1.29, 1.82) is 5.26 Å². The maximum Gasteiger partial charge on any atom is 0.144 e. The zero-order chi connectivity index (χ0) is 13.5. The minimum atomic E-state index is 0.599. The summed E-state index contributed by atoms with van der Waals surface area (Å²) < 4.78 is 0. The minimum Gasteiger partial charge on any atom is -0.369 e. The van der Waals surface area contributed by atoms with E-state index in [0.29, 0.717) is 11.4 Å². The Morgan fingerprint density at radius 2 is 2.11 bits per heavy atom. The highest BCUT2D eigenvalue weighted by Crippen LogP contribution is 2.19. The van der Waals surface area contributed by atoms with Gasteiger partial charge in [-0.05, 0) is 31.6 Å². The number of hydrogen-bond donors (Lipinski definition) is 2. The molecule has 0 unspecified atom stereocenters. The van der Waals surface area contributed by atoms with Crippen LogP contribution in [0.5, 0.6) is 0 Å². The van der Waals surface area contributed by atoms with Crippen molar-refractivity contribution in [3.8, 4) is 6.07 Å². The highest BCUT2D eigenvalue weighted by molar-refractivity contribution is 5.82. The first-order valence-electron chi connectivity index (χ1n) is 6.59. The molecule has 4 nitrogen and oxygen atoms in total. The van der Waals surface area contributed by atoms with Gasteiger partial charge < -0.3 is 10.6 Å². The Balaban J connectivity index is 2.10. The molecule has 0 amide bonds. The Kier molecular flexibility index (Phi) is 4.71. The number of nitriles is 1. The van der Waals surface area contributed by atoms with Gasteiger partial charge in [-0.25, -0.2) is 4.98 Å². The van der Waals surface area contributed by atoms with Crippen molar-refractivity contribution in [3.05, 3.63) is 35.9 Å². The fourth-order valence-corrected chi connectivity index (χ4v) is 1.93. The number of rotatable bonds is 6. The average molecular weight is 254 g/mol. The lowest BCUT2D eigenvalue weighted by atomic mass is 10.1. The molecule has 0 aliphatic rings. The first kappa shape index (κ1) is 13.3. The van der Waals surface area contributed by atoms with Gasteiger partial charge in [0.1, 0.15) is 11.9 Å². The molecule has 1 heterocycles. The number of aromatic nitrogens is 1. The summed E-state index contributed by atoms with van der Waals surface area (Å²) in [5, 5.41) is 16.7. The Labute approximate surface area is 113 Å². The molecular formula is C15H18N4. The molecular weight excluding hydrogens is 236 g/mol. The zero-order valence-electron chi connectivity index (χ0n) is 11.1. The van der Waals surface area contributed by atoms with Crippen LogP contribution >= 0.6 is 0 Å². The molecule has 0 atom stereocenters. The van der Waals surface area contributed by atoms with Crippen molar-refractivity contribution in [3.63, 3.8) is 0 Å². The maximum atomic E-state index is 9.18. The van der Waals surface area contributed by atoms with Crippen molar-refractivity contribution in [2.45, 2.75) is 13.3 Å². The largest absolute Gasteiger partial charge is 0.369 e. The van der Waals surface area contributed by atoms with Crippen LogP contribution in [0.2, 0.25) is 0 Å². The second-order valence-corrected chi connectivity index (χ2v) is 4.32. The molecule has 2 N–H and O–H groups in total. The summed E-state index contributed by atoms with van der Waals surface area (Å²) in [6.45, 7) is 4.86. The number of benzene rings is 1. The van der Waals surface area contributed by atoms with Crippen molar-refractivity contribution in [2.75, 3.05) is 25.0 Å². The van der Waals surface area contributed by atoms with E-state index in [1.54, 1.807) is 0 Å². The van der Waals surface area contributed by atoms with Gasteiger partial charge in [-0.2, -0.15) is 5.26 Å². The number of para-hydroxylation sites is 1. The fraction of sp³-hybridized carbons (Fsp3) is 0.333. The van der Waals surface area contributed by atoms with Gasteiger partial charge in [-0.1, -0.05) is 25.1 Å². The summed E-state index contributed by atoms with van der Waals surface area (Å²) in [6, 6.07) is 11.9. The zero-order valence-corrected chi connectivity index (χ0v) is 11.1. The lowest BCUT2D eigenvalue weighted by Crippen LogP contribution is -2.17. The van der Waals surface area contributed by atoms with Crippen molar-refractivity contribution < 1.29 is 0 Å². The molecule has 98 valence electrons. The highest BCUT2D eigenvalue weighted by atomic mass is 15.0. The van der Waals surface area contributed by atoms with Crippen LogP contribution in [0.15, 0.2) is 30.3 Å². The normalized spacial score (nSPS) is 10.3. The molecule has 0 aliphatic carbocycles. The molecule has 19 heavy (non-hydrogen) atoms. The van der Waals surface area contributed by atoms with Crippen molar-refractivity contribution in [2.24, 2.45) is 0 Å². The summed E-state index contributed by atoms with van der Waals surface area (Å²) in [7, 11) is 0. The Bertz CT molecular complexity index is 586. The van der Waals surface area contributed by atoms with Crippen LogP contribution in [-0.2, 0) is 0 Å². The number of fused-ring (bicyclic) bond motifs is 1. The number of anilines is 1. The first-order chi connectivity index (χ1) is 9.35. The second-order valence-electron chi connectivity index (χ2n) is 4.32. The lowest BCUT2D eigenvalue weighted by Gasteiger charge is -2.09. The molecule has 4 heteroatoms. The number of nitrogens with one attached hydrogen (secondary N) is 2. The van der Waals surface area contributed by atoms with E-state index in [1.165, 1.54) is 0 Å². The molecule has 1 aromatic heterocycles. The van der Waals surface area contributed by atoms with E-state index in [-0.39, 0.29) is 0 Å². The molecule has 0 aliphatic heterocycles. The number of nitrogens with zero attached hydrogens (tertiary/aromatic N) is 2. The third-order valence-electron chi connectivity index (χ3n) is 2.92. The molecule has 0 fully saturated rings. The molecule has 2 aromatic rings. The summed E-state index contributed by atoms with van der Waals surface area (Å²) in [4.78, 5) is 4.51. The highest BCUT2D eigenvalue weighted by Gasteiger charge is 2.05. The summed E-state index contributed by atoms with van der Waals surface area (Å²) >= 11 is 0. The predicted molar refractivity (Wildman–Crippen MR) is 78.1 cm³/mol. The lowest BCUT2D eigenvalue weighted by molar-refractivity contribution is 0.688.